The molecule has 1 N–H and O–H groups in total. The highest BCUT2D eigenvalue weighted by atomic mass is 16.5. The first-order chi connectivity index (χ1) is 21.8. The van der Waals surface area contributed by atoms with Crippen molar-refractivity contribution in [3.8, 4) is 5.75 Å². The molecule has 9 aromatic rings. The molecule has 4 heteroatoms. The van der Waals surface area contributed by atoms with Crippen LogP contribution in [-0.4, -0.2) is 31.5 Å². The van der Waals surface area contributed by atoms with Crippen LogP contribution in [0, 0.1) is 0 Å². The van der Waals surface area contributed by atoms with E-state index in [-0.39, 0.29) is 6.61 Å². The van der Waals surface area contributed by atoms with Crippen molar-refractivity contribution >= 4 is 86.6 Å². The summed E-state index contributed by atoms with van der Waals surface area (Å²) >= 11 is 0. The zero-order chi connectivity index (χ0) is 29.2. The molecule has 0 unspecified atom stereocenters. The molecule has 0 aliphatic heterocycles. The maximum atomic E-state index is 9.12. The standard InChI is InChI=1S/C40H28O4/c41-19-20-42-21-22-43-33-23-34-40(38-31(33)17-15-27-12-10-25-6-2-4-8-30(25)36(27)38)39-32(44-34)18-16-28-14-13-26-11-9-24-5-1-3-7-29(24)35(26)37(28)39/h1-18,23,41H,19-22H2. The molecular formula is C40H28O4. The largest absolute Gasteiger partial charge is 0.490 e. The van der Waals surface area contributed by atoms with Gasteiger partial charge in [0.2, 0.25) is 0 Å². The van der Waals surface area contributed by atoms with Crippen molar-refractivity contribution < 1.29 is 19.0 Å². The van der Waals surface area contributed by atoms with E-state index in [1.165, 1.54) is 53.9 Å². The van der Waals surface area contributed by atoms with Crippen LogP contribution in [0.1, 0.15) is 0 Å². The number of ether oxygens (including phenoxy) is 2. The number of hydrogen-bond acceptors (Lipinski definition) is 4. The summed E-state index contributed by atoms with van der Waals surface area (Å²) in [5.74, 6) is 0.758. The summed E-state index contributed by atoms with van der Waals surface area (Å²) in [7, 11) is 0. The first-order valence-corrected chi connectivity index (χ1v) is 15.1. The zero-order valence-corrected chi connectivity index (χ0v) is 24.0. The minimum absolute atomic E-state index is 0.00906. The minimum atomic E-state index is -0.00906. The molecule has 8 aromatic carbocycles. The van der Waals surface area contributed by atoms with Crippen molar-refractivity contribution in [2.75, 3.05) is 26.4 Å². The molecule has 0 bridgehead atoms. The smallest absolute Gasteiger partial charge is 0.139 e. The van der Waals surface area contributed by atoms with E-state index < -0.39 is 0 Å². The van der Waals surface area contributed by atoms with Crippen molar-refractivity contribution in [2.45, 2.75) is 0 Å². The molecule has 0 spiro atoms. The summed E-state index contributed by atoms with van der Waals surface area (Å²) in [4.78, 5) is 0. The van der Waals surface area contributed by atoms with Crippen molar-refractivity contribution in [1.29, 1.82) is 0 Å². The Morgan fingerprint density at radius 2 is 1.02 bits per heavy atom. The van der Waals surface area contributed by atoms with Gasteiger partial charge in [0.25, 0.3) is 0 Å². The third kappa shape index (κ3) is 3.72. The number of aliphatic hydroxyl groups is 1. The summed E-state index contributed by atoms with van der Waals surface area (Å²) < 4.78 is 18.6. The average molecular weight is 573 g/mol. The Bertz CT molecular complexity index is 2570. The van der Waals surface area contributed by atoms with Gasteiger partial charge in [-0.05, 0) is 60.6 Å². The summed E-state index contributed by atoms with van der Waals surface area (Å²) in [5, 5.41) is 25.6. The van der Waals surface area contributed by atoms with Gasteiger partial charge in [-0.25, -0.2) is 0 Å². The van der Waals surface area contributed by atoms with Gasteiger partial charge < -0.3 is 19.0 Å². The van der Waals surface area contributed by atoms with Gasteiger partial charge in [-0.2, -0.15) is 0 Å². The van der Waals surface area contributed by atoms with E-state index in [0.717, 1.165) is 38.5 Å². The minimum Gasteiger partial charge on any atom is -0.490 e. The Labute approximate surface area is 252 Å². The third-order valence-electron chi connectivity index (χ3n) is 8.98. The van der Waals surface area contributed by atoms with Gasteiger partial charge in [-0.3, -0.25) is 0 Å². The Hall–Kier alpha value is -5.16. The molecule has 212 valence electrons. The van der Waals surface area contributed by atoms with Crippen molar-refractivity contribution in [3.63, 3.8) is 0 Å². The lowest BCUT2D eigenvalue weighted by atomic mass is 9.90. The molecule has 1 heterocycles. The molecule has 0 aliphatic carbocycles. The Morgan fingerprint density at radius 1 is 0.455 bits per heavy atom. The fourth-order valence-electron chi connectivity index (χ4n) is 7.13. The average Bonchev–Trinajstić information content (AvgIpc) is 3.46. The molecule has 0 fully saturated rings. The van der Waals surface area contributed by atoms with Crippen molar-refractivity contribution in [3.05, 3.63) is 115 Å². The number of furan rings is 1. The van der Waals surface area contributed by atoms with Crippen LogP contribution in [0.2, 0.25) is 0 Å². The van der Waals surface area contributed by atoms with E-state index in [4.69, 9.17) is 19.0 Å². The molecule has 1 aromatic heterocycles. The highest BCUT2D eigenvalue weighted by Crippen LogP contribution is 2.47. The van der Waals surface area contributed by atoms with Crippen LogP contribution in [0.5, 0.6) is 5.75 Å². The van der Waals surface area contributed by atoms with Gasteiger partial charge in [0, 0.05) is 33.0 Å². The molecule has 9 rings (SSSR count). The topological polar surface area (TPSA) is 51.8 Å². The third-order valence-corrected chi connectivity index (χ3v) is 8.98. The molecule has 0 atom stereocenters. The summed E-state index contributed by atoms with van der Waals surface area (Å²) in [6, 6.07) is 41.2. The maximum absolute atomic E-state index is 9.12. The second-order valence-corrected chi connectivity index (χ2v) is 11.4. The number of benzene rings is 8. The van der Waals surface area contributed by atoms with Gasteiger partial charge >= 0.3 is 0 Å². The Kier molecular flexibility index (Phi) is 5.73. The Morgan fingerprint density at radius 3 is 1.73 bits per heavy atom. The fourth-order valence-corrected chi connectivity index (χ4v) is 7.13. The molecule has 0 saturated heterocycles. The zero-order valence-electron chi connectivity index (χ0n) is 24.0. The number of rotatable bonds is 6. The van der Waals surface area contributed by atoms with E-state index in [9.17, 15) is 0 Å². The van der Waals surface area contributed by atoms with Crippen LogP contribution in [0.25, 0.3) is 86.6 Å². The lowest BCUT2D eigenvalue weighted by Gasteiger charge is -2.14. The molecule has 44 heavy (non-hydrogen) atoms. The maximum Gasteiger partial charge on any atom is 0.139 e. The van der Waals surface area contributed by atoms with Gasteiger partial charge in [-0.15, -0.1) is 0 Å². The summed E-state index contributed by atoms with van der Waals surface area (Å²) in [6.07, 6.45) is 0. The quantitative estimate of drug-likeness (QED) is 0.159. The van der Waals surface area contributed by atoms with Crippen LogP contribution in [0.4, 0.5) is 0 Å². The van der Waals surface area contributed by atoms with Crippen LogP contribution < -0.4 is 4.74 Å². The molecule has 0 saturated carbocycles. The molecule has 0 amide bonds. The van der Waals surface area contributed by atoms with E-state index in [1.54, 1.807) is 0 Å². The van der Waals surface area contributed by atoms with E-state index in [0.29, 0.717) is 19.8 Å². The second kappa shape index (κ2) is 9.95. The second-order valence-electron chi connectivity index (χ2n) is 11.4. The predicted molar refractivity (Wildman–Crippen MR) is 182 cm³/mol. The monoisotopic (exact) mass is 572 g/mol. The molecular weight excluding hydrogens is 544 g/mol. The van der Waals surface area contributed by atoms with Crippen molar-refractivity contribution in [2.24, 2.45) is 0 Å². The highest BCUT2D eigenvalue weighted by molar-refractivity contribution is 6.39. The fraction of sp³-hybridized carbons (Fsp3) is 0.100. The van der Waals surface area contributed by atoms with Crippen LogP contribution in [0.3, 0.4) is 0 Å². The van der Waals surface area contributed by atoms with E-state index in [2.05, 4.69) is 109 Å². The lowest BCUT2D eigenvalue weighted by Crippen LogP contribution is -2.09. The van der Waals surface area contributed by atoms with Gasteiger partial charge in [0.15, 0.2) is 0 Å². The van der Waals surface area contributed by atoms with Crippen molar-refractivity contribution in [1.82, 2.24) is 0 Å². The number of fused-ring (bicyclic) bond motifs is 15. The SMILES string of the molecule is OCCOCCOc1cc2oc3ccc4ccc5ccc6ccccc6c5c4c3c2c2c1ccc1ccc3ccccc3c12. The number of aliphatic hydroxyl groups excluding tert-OH is 1. The Balaban J connectivity index is 1.49. The van der Waals surface area contributed by atoms with Crippen LogP contribution in [0.15, 0.2) is 120 Å². The summed E-state index contributed by atoms with van der Waals surface area (Å²) in [6.45, 7) is 1.04. The first-order valence-electron chi connectivity index (χ1n) is 15.1. The molecule has 0 aliphatic rings. The molecule has 0 radical (unpaired) electrons. The highest BCUT2D eigenvalue weighted by Gasteiger charge is 2.21. The predicted octanol–water partition coefficient (Wildman–Crippen LogP) is 9.89. The van der Waals surface area contributed by atoms with E-state index in [1.807, 2.05) is 6.07 Å². The molecule has 4 nitrogen and oxygen atoms in total. The van der Waals surface area contributed by atoms with Crippen LogP contribution >= 0.6 is 0 Å². The first kappa shape index (κ1) is 25.3. The van der Waals surface area contributed by atoms with Gasteiger partial charge in [0.05, 0.1) is 19.8 Å². The van der Waals surface area contributed by atoms with Crippen LogP contribution in [-0.2, 0) is 4.74 Å². The van der Waals surface area contributed by atoms with Gasteiger partial charge in [-0.1, -0.05) is 97.1 Å². The normalized spacial score (nSPS) is 12.2. The van der Waals surface area contributed by atoms with E-state index >= 15 is 0 Å². The lowest BCUT2D eigenvalue weighted by molar-refractivity contribution is 0.0708. The van der Waals surface area contributed by atoms with Gasteiger partial charge in [0.1, 0.15) is 23.5 Å². The summed E-state index contributed by atoms with van der Waals surface area (Å²) in [5.41, 5.74) is 1.65. The number of hydrogen-bond donors (Lipinski definition) is 1.